The number of nitrogens with one attached hydrogen (secondary N) is 4. The van der Waals surface area contributed by atoms with Gasteiger partial charge in [0.05, 0.1) is 74.0 Å². The first kappa shape index (κ1) is 81.2. The van der Waals surface area contributed by atoms with Gasteiger partial charge in [0.25, 0.3) is 0 Å². The quantitative estimate of drug-likeness (QED) is 0.0883. The molecule has 119 heavy (non-hydrogen) atoms. The van der Waals surface area contributed by atoms with E-state index in [4.69, 9.17) is 15.0 Å². The molecule has 10 aromatic heterocycles. The number of fused-ring (bicyclic) bond motifs is 4. The Morgan fingerprint density at radius 3 is 1.10 bits per heavy atom. The first-order valence-corrected chi connectivity index (χ1v) is 37.9. The zero-order valence-corrected chi connectivity index (χ0v) is 68.3. The smallest absolute Gasteiger partial charge is 0.191 e. The normalized spacial score (nSPS) is 11.5. The third-order valence-corrected chi connectivity index (χ3v) is 20.0. The van der Waals surface area contributed by atoms with Crippen LogP contribution in [0.25, 0.3) is 124 Å². The summed E-state index contributed by atoms with van der Waals surface area (Å²) in [6.07, 6.45) is 11.0. The van der Waals surface area contributed by atoms with Crippen LogP contribution in [0.15, 0.2) is 222 Å². The van der Waals surface area contributed by atoms with E-state index in [1.54, 1.807) is 36.5 Å². The Morgan fingerprint density at radius 1 is 0.353 bits per heavy atom. The number of aromatic amines is 2. The number of aromatic nitrogens is 10. The molecule has 0 radical (unpaired) electrons. The molecule has 0 saturated carbocycles. The van der Waals surface area contributed by atoms with Crippen molar-refractivity contribution in [1.82, 2.24) is 49.8 Å². The van der Waals surface area contributed by atoms with E-state index in [1.165, 1.54) is 24.4 Å². The molecular formula is C96H83FN20O2. The fraction of sp³-hybridized carbons (Fsp3) is 0.146. The Balaban J connectivity index is 0.000000137. The Hall–Kier alpha value is -15.9. The third kappa shape index (κ3) is 17.5. The van der Waals surface area contributed by atoms with Gasteiger partial charge in [-0.1, -0.05) is 55.6 Å². The molecule has 0 bridgehead atoms. The molecule has 0 saturated heterocycles. The minimum atomic E-state index is -0.648. The van der Waals surface area contributed by atoms with Gasteiger partial charge >= 0.3 is 0 Å². The first-order chi connectivity index (χ1) is 57.1. The van der Waals surface area contributed by atoms with Gasteiger partial charge in [0.1, 0.15) is 58.1 Å². The SMILES string of the molecule is C=C1C=Cc2cc(-c3cc(C)nc(N(C)C)c3)c(-c3cccc(C#N)c3)nc2N1.C=C1C=Cc2cc(-c3cc(C)nc(N(C)C)c3)c(-c3cccc(C#N)c3C)nc2N1.Cc1cc(-c2cc3c(=O)cc[nH]c3nc2-c2cccc(C#N)c2C)cc(N(C)C)n1.Cc1cc(-c2cc3c(=O)cc[nH]c3nc2-c2cccc(C#N)c2F)cc(N(C)C)n1. The van der Waals surface area contributed by atoms with Crippen molar-refractivity contribution in [2.45, 2.75) is 41.5 Å². The van der Waals surface area contributed by atoms with Crippen molar-refractivity contribution in [3.63, 3.8) is 0 Å². The van der Waals surface area contributed by atoms with E-state index in [-0.39, 0.29) is 22.0 Å². The first-order valence-electron chi connectivity index (χ1n) is 37.9. The second-order valence-electron chi connectivity index (χ2n) is 29.5. The number of benzene rings is 4. The molecule has 2 aliphatic heterocycles. The Labute approximate surface area is 689 Å². The van der Waals surface area contributed by atoms with Crippen molar-refractivity contribution in [2.75, 3.05) is 86.6 Å². The zero-order valence-electron chi connectivity index (χ0n) is 68.3. The molecule has 586 valence electrons. The van der Waals surface area contributed by atoms with Gasteiger partial charge in [-0.2, -0.15) is 21.0 Å². The number of rotatable bonds is 12. The zero-order chi connectivity index (χ0) is 84.8. The van der Waals surface area contributed by atoms with Crippen LogP contribution in [0.5, 0.6) is 0 Å². The van der Waals surface area contributed by atoms with Crippen LogP contribution < -0.4 is 41.1 Å². The van der Waals surface area contributed by atoms with Crippen LogP contribution in [-0.2, 0) is 0 Å². The number of halogens is 1. The van der Waals surface area contributed by atoms with Gasteiger partial charge in [-0.25, -0.2) is 44.3 Å². The predicted molar refractivity (Wildman–Crippen MR) is 476 cm³/mol. The van der Waals surface area contributed by atoms with E-state index in [1.807, 2.05) is 227 Å². The van der Waals surface area contributed by atoms with Crippen LogP contribution in [0.3, 0.4) is 0 Å². The summed E-state index contributed by atoms with van der Waals surface area (Å²) in [5.74, 6) is 4.20. The fourth-order valence-electron chi connectivity index (χ4n) is 13.9. The summed E-state index contributed by atoms with van der Waals surface area (Å²) in [5.41, 5.74) is 23.9. The summed E-state index contributed by atoms with van der Waals surface area (Å²) < 4.78 is 15.1. The molecule has 22 nitrogen and oxygen atoms in total. The molecule has 0 fully saturated rings. The van der Waals surface area contributed by atoms with Crippen molar-refractivity contribution in [3.8, 4) is 114 Å². The largest absolute Gasteiger partial charge is 0.363 e. The van der Waals surface area contributed by atoms with Gasteiger partial charge in [0.2, 0.25) is 0 Å². The average Bonchev–Trinajstić information content (AvgIpc) is 0.775. The number of aryl methyl sites for hydroxylation is 4. The number of allylic oxidation sites excluding steroid dienone is 2. The molecular weight excluding hydrogens is 1480 g/mol. The lowest BCUT2D eigenvalue weighted by Crippen LogP contribution is -2.11. The molecule has 0 unspecified atom stereocenters. The molecule has 16 rings (SSSR count). The molecule has 2 aliphatic rings. The van der Waals surface area contributed by atoms with Crippen LogP contribution in [0.2, 0.25) is 0 Å². The maximum absolute atomic E-state index is 15.1. The fourth-order valence-corrected chi connectivity index (χ4v) is 13.9. The third-order valence-electron chi connectivity index (χ3n) is 20.0. The lowest BCUT2D eigenvalue weighted by atomic mass is 9.93. The van der Waals surface area contributed by atoms with Gasteiger partial charge in [-0.05, 0) is 208 Å². The van der Waals surface area contributed by atoms with Gasteiger partial charge in [0.15, 0.2) is 10.9 Å². The Morgan fingerprint density at radius 2 is 0.706 bits per heavy atom. The second kappa shape index (κ2) is 34.5. The lowest BCUT2D eigenvalue weighted by molar-refractivity contribution is 0.627. The summed E-state index contributed by atoms with van der Waals surface area (Å²) in [5, 5.41) is 45.0. The van der Waals surface area contributed by atoms with Crippen molar-refractivity contribution >= 4 is 69.1 Å². The highest BCUT2D eigenvalue weighted by molar-refractivity contribution is 5.95. The second-order valence-corrected chi connectivity index (χ2v) is 29.5. The minimum Gasteiger partial charge on any atom is -0.363 e. The number of nitrogens with zero attached hydrogens (tertiary/aromatic N) is 16. The number of pyridine rings is 10. The molecule has 0 amide bonds. The highest BCUT2D eigenvalue weighted by atomic mass is 19.1. The molecule has 12 heterocycles. The van der Waals surface area contributed by atoms with E-state index in [0.717, 1.165) is 158 Å². The molecule has 4 N–H and O–H groups in total. The van der Waals surface area contributed by atoms with E-state index < -0.39 is 5.82 Å². The molecule has 0 spiro atoms. The topological polar surface area (TPSA) is 301 Å². The summed E-state index contributed by atoms with van der Waals surface area (Å²) in [7, 11) is 15.6. The van der Waals surface area contributed by atoms with Crippen LogP contribution in [-0.4, -0.2) is 106 Å². The maximum atomic E-state index is 15.1. The summed E-state index contributed by atoms with van der Waals surface area (Å²) in [4.78, 5) is 76.4. The monoisotopic (exact) mass is 1570 g/mol. The number of hydrogen-bond donors (Lipinski definition) is 4. The summed E-state index contributed by atoms with van der Waals surface area (Å²) in [6.45, 7) is 19.6. The van der Waals surface area contributed by atoms with Gasteiger partial charge in [0, 0.05) is 171 Å². The summed E-state index contributed by atoms with van der Waals surface area (Å²) >= 11 is 0. The highest BCUT2D eigenvalue weighted by Crippen LogP contribution is 2.43. The number of nitriles is 4. The average molecular weight is 1570 g/mol. The summed E-state index contributed by atoms with van der Waals surface area (Å²) in [6, 6.07) is 58.8. The van der Waals surface area contributed by atoms with Crippen molar-refractivity contribution in [1.29, 1.82) is 21.0 Å². The molecule has 23 heteroatoms. The lowest BCUT2D eigenvalue weighted by Gasteiger charge is -2.20. The Kier molecular flexibility index (Phi) is 23.5. The number of hydrogen-bond acceptors (Lipinski definition) is 20. The van der Waals surface area contributed by atoms with Crippen LogP contribution in [0, 0.1) is 92.7 Å². The Bertz CT molecular complexity index is 6630. The minimum absolute atomic E-state index is 0.0678. The van der Waals surface area contributed by atoms with Gasteiger partial charge in [-0.3, -0.25) is 9.59 Å². The van der Waals surface area contributed by atoms with Crippen LogP contribution in [0.4, 0.5) is 39.3 Å². The predicted octanol–water partition coefficient (Wildman–Crippen LogP) is 18.6. The maximum Gasteiger partial charge on any atom is 0.191 e. The number of H-pyrrole nitrogens is 2. The molecule has 4 aromatic carbocycles. The van der Waals surface area contributed by atoms with Gasteiger partial charge in [-0.15, -0.1) is 0 Å². The van der Waals surface area contributed by atoms with Crippen LogP contribution in [0.1, 0.15) is 67.3 Å². The van der Waals surface area contributed by atoms with E-state index in [2.05, 4.69) is 113 Å². The standard InChI is InChI=1S/C25H23N5.C24H21N5O.C24H21N5.C23H18FN5O/c1-15-9-10-18-12-22(20-11-16(2)27-23(13-20)30(4)5)24(29-25(18)28-15)21-8-6-7-19(14-26)17(21)3;1-14-10-17(11-22(27-14)29(3)4)19-12-20-21(30)8-9-26-24(20)28-23(19)18-7-5-6-16(13-25)15(18)2;1-15-8-9-19-12-21(20-10-16(2)26-22(13-20)29(3)4)23(28-24(19)27-15)18-7-5-6-17(11-18)14-25;1-13-9-15(10-20(27-13)29(2)3)17-11-18-19(30)7-8-26-23(18)28-22(17)16-6-4-5-14(12-25)21(16)24/h6-13H,1H2,2-5H3,(H,28,29);5-12H,1-4H3,(H,26,28,30);5-13H,1H2,2-4H3,(H,27,28);4-11H,1-3H3,(H,26,28,30). The number of anilines is 6. The van der Waals surface area contributed by atoms with E-state index in [0.29, 0.717) is 55.7 Å². The highest BCUT2D eigenvalue weighted by Gasteiger charge is 2.25. The van der Waals surface area contributed by atoms with E-state index >= 15 is 4.39 Å². The van der Waals surface area contributed by atoms with E-state index in [9.17, 15) is 30.6 Å². The molecule has 0 aliphatic carbocycles. The van der Waals surface area contributed by atoms with Crippen molar-refractivity contribution in [2.24, 2.45) is 0 Å². The molecule has 14 aromatic rings. The van der Waals surface area contributed by atoms with Gasteiger partial charge < -0.3 is 40.2 Å². The van der Waals surface area contributed by atoms with Crippen LogP contribution >= 0.6 is 0 Å². The van der Waals surface area contributed by atoms with Crippen molar-refractivity contribution < 1.29 is 4.39 Å². The molecule has 0 atom stereocenters. The van der Waals surface area contributed by atoms with Crippen molar-refractivity contribution in [3.05, 3.63) is 306 Å².